The maximum atomic E-state index is 15.0. The fourth-order valence-corrected chi connectivity index (χ4v) is 5.89. The number of hydrogen-bond donors (Lipinski definition) is 1. The molecule has 1 aliphatic heterocycles. The number of carbonyl (C=O) groups excluding carboxylic acids is 4. The topological polar surface area (TPSA) is 110 Å². The third kappa shape index (κ3) is 7.63. The average molecular weight is 658 g/mol. The van der Waals surface area contributed by atoms with Gasteiger partial charge in [0.2, 0.25) is 0 Å². The third-order valence-electron chi connectivity index (χ3n) is 8.12. The molecule has 0 saturated carbocycles. The maximum Gasteiger partial charge on any atom is 0.491 e. The van der Waals surface area contributed by atoms with Gasteiger partial charge < -0.3 is 15.4 Å². The molecule has 5 rings (SSSR count). The predicted molar refractivity (Wildman–Crippen MR) is 173 cm³/mol. The van der Waals surface area contributed by atoms with E-state index < -0.39 is 48.4 Å². The van der Waals surface area contributed by atoms with Gasteiger partial charge in [-0.15, -0.1) is 0 Å². The molecule has 11 heteroatoms. The van der Waals surface area contributed by atoms with Gasteiger partial charge in [0, 0.05) is 5.69 Å². The second kappa shape index (κ2) is 15.1. The summed E-state index contributed by atoms with van der Waals surface area (Å²) in [6.45, 7) is 0.560. The molecule has 2 atom stereocenters. The van der Waals surface area contributed by atoms with Crippen LogP contribution in [-0.4, -0.2) is 41.4 Å². The Labute approximate surface area is 275 Å². The SMILES string of the molecule is NCCCCCc1ccc2c(c1)C(=O)N(C(CC(=O)OC(=O)C(F)(F)F)c1ccccc1)C(c1ccccc1)C(=O)N2c1ccccc1. The van der Waals surface area contributed by atoms with Crippen molar-refractivity contribution in [1.29, 1.82) is 0 Å². The molecule has 0 saturated heterocycles. The number of aryl methyl sites for hydroxylation is 1. The lowest BCUT2D eigenvalue weighted by atomic mass is 9.95. The zero-order valence-electron chi connectivity index (χ0n) is 25.9. The lowest BCUT2D eigenvalue weighted by molar-refractivity contribution is -0.202. The Morgan fingerprint density at radius 2 is 1.44 bits per heavy atom. The molecular weight excluding hydrogens is 623 g/mol. The van der Waals surface area contributed by atoms with Crippen molar-refractivity contribution in [3.63, 3.8) is 0 Å². The van der Waals surface area contributed by atoms with Crippen molar-refractivity contribution >= 4 is 35.1 Å². The van der Waals surface area contributed by atoms with Gasteiger partial charge >= 0.3 is 18.1 Å². The van der Waals surface area contributed by atoms with Crippen molar-refractivity contribution in [2.75, 3.05) is 11.4 Å². The Hall–Kier alpha value is -5.29. The van der Waals surface area contributed by atoms with E-state index in [4.69, 9.17) is 5.73 Å². The van der Waals surface area contributed by atoms with E-state index in [2.05, 4.69) is 4.74 Å². The lowest BCUT2D eigenvalue weighted by Crippen LogP contribution is -2.44. The first-order valence-corrected chi connectivity index (χ1v) is 15.6. The van der Waals surface area contributed by atoms with Crippen LogP contribution in [0.2, 0.25) is 0 Å². The van der Waals surface area contributed by atoms with Gasteiger partial charge in [0.1, 0.15) is 6.04 Å². The molecule has 2 amide bonds. The summed E-state index contributed by atoms with van der Waals surface area (Å²) in [7, 11) is 0. The summed E-state index contributed by atoms with van der Waals surface area (Å²) in [5.74, 6) is -5.33. The van der Waals surface area contributed by atoms with Crippen molar-refractivity contribution in [2.45, 2.75) is 50.4 Å². The van der Waals surface area contributed by atoms with E-state index >= 15 is 0 Å². The second-order valence-electron chi connectivity index (χ2n) is 11.4. The Morgan fingerprint density at radius 3 is 2.06 bits per heavy atom. The largest absolute Gasteiger partial charge is 0.491 e. The van der Waals surface area contributed by atoms with Crippen LogP contribution in [0, 0.1) is 0 Å². The Bertz CT molecular complexity index is 1750. The van der Waals surface area contributed by atoms with Crippen LogP contribution in [0.3, 0.4) is 0 Å². The van der Waals surface area contributed by atoms with Gasteiger partial charge in [0.15, 0.2) is 0 Å². The number of esters is 2. The minimum Gasteiger partial charge on any atom is -0.386 e. The van der Waals surface area contributed by atoms with E-state index in [1.807, 2.05) is 6.07 Å². The van der Waals surface area contributed by atoms with Crippen molar-refractivity contribution in [1.82, 2.24) is 4.90 Å². The Kier molecular flexibility index (Phi) is 10.7. The number of unbranched alkanes of at least 4 members (excludes halogenated alkanes) is 2. The van der Waals surface area contributed by atoms with E-state index in [0.717, 1.165) is 24.8 Å². The molecule has 1 aliphatic rings. The zero-order chi connectivity index (χ0) is 34.3. The molecule has 0 spiro atoms. The number of fused-ring (bicyclic) bond motifs is 1. The molecular formula is C37H34F3N3O5. The number of benzene rings is 4. The fraction of sp³-hybridized carbons (Fsp3) is 0.243. The molecule has 0 radical (unpaired) electrons. The smallest absolute Gasteiger partial charge is 0.386 e. The average Bonchev–Trinajstić information content (AvgIpc) is 3.18. The first-order valence-electron chi connectivity index (χ1n) is 15.6. The summed E-state index contributed by atoms with van der Waals surface area (Å²) in [6, 6.07) is 28.1. The second-order valence-corrected chi connectivity index (χ2v) is 11.4. The number of para-hydroxylation sites is 1. The van der Waals surface area contributed by atoms with Crippen molar-refractivity contribution < 1.29 is 37.1 Å². The summed E-state index contributed by atoms with van der Waals surface area (Å²) in [4.78, 5) is 57.2. The van der Waals surface area contributed by atoms with Gasteiger partial charge in [-0.05, 0) is 66.8 Å². The number of alkyl halides is 3. The maximum absolute atomic E-state index is 15.0. The highest BCUT2D eigenvalue weighted by Crippen LogP contribution is 2.44. The van der Waals surface area contributed by atoms with Crippen LogP contribution >= 0.6 is 0 Å². The normalized spacial score (nSPS) is 15.5. The summed E-state index contributed by atoms with van der Waals surface area (Å²) in [6.07, 6.45) is -3.07. The van der Waals surface area contributed by atoms with Crippen molar-refractivity contribution in [2.24, 2.45) is 5.73 Å². The molecule has 4 aromatic rings. The van der Waals surface area contributed by atoms with Crippen LogP contribution in [-0.2, 0) is 25.5 Å². The van der Waals surface area contributed by atoms with Crippen LogP contribution in [0.5, 0.6) is 0 Å². The summed E-state index contributed by atoms with van der Waals surface area (Å²) >= 11 is 0. The third-order valence-corrected chi connectivity index (χ3v) is 8.12. The van der Waals surface area contributed by atoms with E-state index in [1.54, 1.807) is 103 Å². The van der Waals surface area contributed by atoms with Gasteiger partial charge in [-0.2, -0.15) is 13.2 Å². The van der Waals surface area contributed by atoms with E-state index in [1.165, 1.54) is 9.80 Å². The molecule has 0 bridgehead atoms. The summed E-state index contributed by atoms with van der Waals surface area (Å²) < 4.78 is 43.4. The van der Waals surface area contributed by atoms with Crippen molar-refractivity contribution in [3.05, 3.63) is 131 Å². The van der Waals surface area contributed by atoms with Gasteiger partial charge in [0.05, 0.1) is 23.7 Å². The molecule has 2 unspecified atom stereocenters. The molecule has 248 valence electrons. The first kappa shape index (κ1) is 34.1. The van der Waals surface area contributed by atoms with Crippen LogP contribution in [0.25, 0.3) is 0 Å². The number of amides is 2. The molecule has 0 fully saturated rings. The Morgan fingerprint density at radius 1 is 0.812 bits per heavy atom. The molecule has 1 heterocycles. The molecule has 0 aliphatic carbocycles. The number of ether oxygens (including phenoxy) is 1. The number of rotatable bonds is 11. The highest BCUT2D eigenvalue weighted by atomic mass is 19.4. The van der Waals surface area contributed by atoms with Crippen LogP contribution < -0.4 is 10.6 Å². The van der Waals surface area contributed by atoms with E-state index in [-0.39, 0.29) is 5.56 Å². The number of nitrogens with two attached hydrogens (primary N) is 1. The van der Waals surface area contributed by atoms with Gasteiger partial charge in [-0.25, -0.2) is 4.79 Å². The number of anilines is 2. The number of halogens is 3. The van der Waals surface area contributed by atoms with Gasteiger partial charge in [-0.3, -0.25) is 19.3 Å². The minimum atomic E-state index is -5.41. The van der Waals surface area contributed by atoms with Crippen molar-refractivity contribution in [3.8, 4) is 0 Å². The summed E-state index contributed by atoms with van der Waals surface area (Å²) in [5.41, 5.74) is 8.22. The highest BCUT2D eigenvalue weighted by Gasteiger charge is 2.47. The van der Waals surface area contributed by atoms with Gasteiger partial charge in [0.25, 0.3) is 11.8 Å². The molecule has 4 aromatic carbocycles. The molecule has 2 N–H and O–H groups in total. The molecule has 8 nitrogen and oxygen atoms in total. The number of nitrogens with zero attached hydrogens (tertiary/aromatic N) is 2. The Balaban J connectivity index is 1.71. The first-order chi connectivity index (χ1) is 23.1. The van der Waals surface area contributed by atoms with Crippen LogP contribution in [0.4, 0.5) is 24.5 Å². The lowest BCUT2D eigenvalue weighted by Gasteiger charge is -2.37. The minimum absolute atomic E-state index is 0.169. The molecule has 0 aromatic heterocycles. The predicted octanol–water partition coefficient (Wildman–Crippen LogP) is 6.98. The van der Waals surface area contributed by atoms with Crippen LogP contribution in [0.1, 0.15) is 64.8 Å². The summed E-state index contributed by atoms with van der Waals surface area (Å²) in [5, 5.41) is 0. The van der Waals surface area contributed by atoms with Crippen LogP contribution in [0.15, 0.2) is 109 Å². The number of hydrogen-bond acceptors (Lipinski definition) is 6. The number of carbonyl (C=O) groups is 4. The zero-order valence-corrected chi connectivity index (χ0v) is 25.9. The van der Waals surface area contributed by atoms with Gasteiger partial charge in [-0.1, -0.05) is 91.3 Å². The monoisotopic (exact) mass is 657 g/mol. The van der Waals surface area contributed by atoms with E-state index in [0.29, 0.717) is 35.5 Å². The quantitative estimate of drug-likeness (QED) is 0.106. The highest BCUT2D eigenvalue weighted by molar-refractivity contribution is 6.14. The standard InChI is InChI=1S/C37H34F3N3O5/c38-37(39,40)36(47)48-32(44)24-31(26-14-6-1-7-15-26)43-33(27-16-8-2-9-17-27)35(46)42(28-18-10-3-11-19-28)30-21-20-25(13-5-4-12-22-41)23-29(30)34(43)45/h1-3,6-11,14-21,23,31,33H,4-5,12-13,22,24,41H2. The van der Waals surface area contributed by atoms with E-state index in [9.17, 15) is 32.3 Å². The fourth-order valence-electron chi connectivity index (χ4n) is 5.89. The molecule has 48 heavy (non-hydrogen) atoms.